The topological polar surface area (TPSA) is 48.3 Å². The number of hydrogen-bond donors (Lipinski definition) is 1. The molecule has 1 saturated heterocycles. The number of rotatable bonds is 7. The van der Waals surface area contributed by atoms with Crippen LogP contribution in [0.1, 0.15) is 52.5 Å². The molecule has 0 amide bonds. The van der Waals surface area contributed by atoms with Gasteiger partial charge in [0, 0.05) is 38.2 Å². The first-order valence-electron chi connectivity index (χ1n) is 8.06. The zero-order valence-electron chi connectivity index (χ0n) is 13.8. The molecule has 0 aromatic carbocycles. The number of methoxy groups -OCH3 is 1. The smallest absolute Gasteiger partial charge is 0.203 e. The Morgan fingerprint density at radius 1 is 1.52 bits per heavy atom. The lowest BCUT2D eigenvalue weighted by molar-refractivity contribution is -0.0984. The second-order valence-corrected chi connectivity index (χ2v) is 6.04. The normalized spacial score (nSPS) is 23.0. The molecule has 2 heterocycles. The molecule has 2 atom stereocenters. The Hall–Kier alpha value is -1.07. The van der Waals surface area contributed by atoms with Crippen molar-refractivity contribution in [2.75, 3.05) is 25.6 Å². The summed E-state index contributed by atoms with van der Waals surface area (Å²) in [7, 11) is 1.72. The molecule has 120 valence electrons. The van der Waals surface area contributed by atoms with Crippen LogP contribution in [-0.2, 0) is 9.47 Å². The van der Waals surface area contributed by atoms with Gasteiger partial charge in [0.15, 0.2) is 0 Å². The lowest BCUT2D eigenvalue weighted by atomic mass is 9.86. The van der Waals surface area contributed by atoms with Gasteiger partial charge in [-0.05, 0) is 32.6 Å². The van der Waals surface area contributed by atoms with Gasteiger partial charge < -0.3 is 19.4 Å². The van der Waals surface area contributed by atoms with E-state index in [4.69, 9.17) is 9.47 Å². The van der Waals surface area contributed by atoms with E-state index in [1.807, 2.05) is 6.20 Å². The van der Waals surface area contributed by atoms with Crippen LogP contribution in [0.5, 0.6) is 0 Å². The first kappa shape index (κ1) is 16.3. The van der Waals surface area contributed by atoms with Crippen LogP contribution in [0, 0.1) is 0 Å². The summed E-state index contributed by atoms with van der Waals surface area (Å²) < 4.78 is 13.5. The molecule has 2 unspecified atom stereocenters. The maximum atomic E-state index is 6.08. The summed E-state index contributed by atoms with van der Waals surface area (Å²) >= 11 is 0. The van der Waals surface area contributed by atoms with Gasteiger partial charge in [0.05, 0.1) is 12.2 Å². The van der Waals surface area contributed by atoms with Gasteiger partial charge in [0.1, 0.15) is 0 Å². The van der Waals surface area contributed by atoms with E-state index in [-0.39, 0.29) is 11.6 Å². The van der Waals surface area contributed by atoms with E-state index < -0.39 is 0 Å². The fourth-order valence-electron chi connectivity index (χ4n) is 3.21. The SMILES string of the molecule is CCC1(CC)CC(n2ccnc2NC(C)COC)CCO1. The highest BCUT2D eigenvalue weighted by molar-refractivity contribution is 5.28. The fraction of sp³-hybridized carbons (Fsp3) is 0.812. The second-order valence-electron chi connectivity index (χ2n) is 6.04. The first-order valence-corrected chi connectivity index (χ1v) is 8.06. The Morgan fingerprint density at radius 2 is 2.29 bits per heavy atom. The van der Waals surface area contributed by atoms with Crippen LogP contribution in [0.25, 0.3) is 0 Å². The number of nitrogens with one attached hydrogen (secondary N) is 1. The van der Waals surface area contributed by atoms with Crippen molar-refractivity contribution >= 4 is 5.95 Å². The number of aromatic nitrogens is 2. The lowest BCUT2D eigenvalue weighted by Gasteiger charge is -2.40. The molecular weight excluding hydrogens is 266 g/mol. The van der Waals surface area contributed by atoms with Crippen molar-refractivity contribution in [3.63, 3.8) is 0 Å². The van der Waals surface area contributed by atoms with Crippen LogP contribution < -0.4 is 5.32 Å². The van der Waals surface area contributed by atoms with E-state index >= 15 is 0 Å². The van der Waals surface area contributed by atoms with Crippen LogP contribution >= 0.6 is 0 Å². The number of imidazole rings is 1. The Kier molecular flexibility index (Phi) is 5.65. The molecule has 2 rings (SSSR count). The molecule has 0 saturated carbocycles. The average Bonchev–Trinajstić information content (AvgIpc) is 2.95. The van der Waals surface area contributed by atoms with E-state index in [1.54, 1.807) is 7.11 Å². The molecule has 1 fully saturated rings. The Bertz CT molecular complexity index is 429. The molecule has 1 aliphatic rings. The summed E-state index contributed by atoms with van der Waals surface area (Å²) in [6.07, 6.45) is 8.19. The summed E-state index contributed by atoms with van der Waals surface area (Å²) in [5.41, 5.74) is 0.0304. The Labute approximate surface area is 128 Å². The maximum absolute atomic E-state index is 6.08. The predicted molar refractivity (Wildman–Crippen MR) is 84.7 cm³/mol. The van der Waals surface area contributed by atoms with E-state index in [2.05, 4.69) is 41.8 Å². The number of anilines is 1. The molecule has 0 bridgehead atoms. The number of nitrogens with zero attached hydrogens (tertiary/aromatic N) is 2. The lowest BCUT2D eigenvalue weighted by Crippen LogP contribution is -2.39. The van der Waals surface area contributed by atoms with Gasteiger partial charge in [0.25, 0.3) is 0 Å². The number of hydrogen-bond acceptors (Lipinski definition) is 4. The summed E-state index contributed by atoms with van der Waals surface area (Å²) in [4.78, 5) is 4.47. The summed E-state index contributed by atoms with van der Waals surface area (Å²) in [6.45, 7) is 8.06. The zero-order valence-corrected chi connectivity index (χ0v) is 13.8. The maximum Gasteiger partial charge on any atom is 0.203 e. The van der Waals surface area contributed by atoms with Crippen molar-refractivity contribution in [3.05, 3.63) is 12.4 Å². The molecule has 0 radical (unpaired) electrons. The third-order valence-corrected chi connectivity index (χ3v) is 4.61. The van der Waals surface area contributed by atoms with Crippen molar-refractivity contribution in [2.24, 2.45) is 0 Å². The van der Waals surface area contributed by atoms with Gasteiger partial charge in [-0.25, -0.2) is 4.98 Å². The van der Waals surface area contributed by atoms with Gasteiger partial charge in [-0.3, -0.25) is 0 Å². The molecule has 1 N–H and O–H groups in total. The average molecular weight is 295 g/mol. The predicted octanol–water partition coefficient (Wildman–Crippen LogP) is 3.24. The van der Waals surface area contributed by atoms with Crippen LogP contribution in [0.3, 0.4) is 0 Å². The van der Waals surface area contributed by atoms with Gasteiger partial charge in [0.2, 0.25) is 5.95 Å². The molecule has 1 aromatic heterocycles. The molecular formula is C16H29N3O2. The molecule has 0 spiro atoms. The van der Waals surface area contributed by atoms with Crippen LogP contribution in [0.2, 0.25) is 0 Å². The van der Waals surface area contributed by atoms with Crippen molar-refractivity contribution in [2.45, 2.75) is 64.1 Å². The largest absolute Gasteiger partial charge is 0.383 e. The third kappa shape index (κ3) is 3.77. The summed E-state index contributed by atoms with van der Waals surface area (Å²) in [6, 6.07) is 0.705. The highest BCUT2D eigenvalue weighted by atomic mass is 16.5. The van der Waals surface area contributed by atoms with Crippen LogP contribution in [0.15, 0.2) is 12.4 Å². The zero-order chi connectivity index (χ0) is 15.3. The van der Waals surface area contributed by atoms with Crippen molar-refractivity contribution in [3.8, 4) is 0 Å². The van der Waals surface area contributed by atoms with Crippen molar-refractivity contribution in [1.82, 2.24) is 9.55 Å². The van der Waals surface area contributed by atoms with E-state index in [1.165, 1.54) is 0 Å². The molecule has 0 aliphatic carbocycles. The highest BCUT2D eigenvalue weighted by Gasteiger charge is 2.35. The molecule has 5 nitrogen and oxygen atoms in total. The second kappa shape index (κ2) is 7.27. The van der Waals surface area contributed by atoms with Gasteiger partial charge in [-0.2, -0.15) is 0 Å². The standard InChI is InChI=1S/C16H29N3O2/c1-5-16(6-2)11-14(7-10-21-16)19-9-8-17-15(19)18-13(3)12-20-4/h8-9,13-14H,5-7,10-12H2,1-4H3,(H,17,18). The fourth-order valence-corrected chi connectivity index (χ4v) is 3.21. The molecule has 1 aliphatic heterocycles. The van der Waals surface area contributed by atoms with Crippen molar-refractivity contribution < 1.29 is 9.47 Å². The first-order chi connectivity index (χ1) is 10.1. The monoisotopic (exact) mass is 295 g/mol. The number of ether oxygens (including phenoxy) is 2. The minimum Gasteiger partial charge on any atom is -0.383 e. The summed E-state index contributed by atoms with van der Waals surface area (Å²) in [5, 5.41) is 3.44. The Balaban J connectivity index is 2.09. The van der Waals surface area contributed by atoms with Crippen LogP contribution in [-0.4, -0.2) is 41.5 Å². The minimum absolute atomic E-state index is 0.0304. The minimum atomic E-state index is 0.0304. The highest BCUT2D eigenvalue weighted by Crippen LogP contribution is 2.38. The third-order valence-electron chi connectivity index (χ3n) is 4.61. The van der Waals surface area contributed by atoms with Crippen LogP contribution in [0.4, 0.5) is 5.95 Å². The quantitative estimate of drug-likeness (QED) is 0.839. The van der Waals surface area contributed by atoms with E-state index in [9.17, 15) is 0 Å². The van der Waals surface area contributed by atoms with E-state index in [0.29, 0.717) is 12.6 Å². The van der Waals surface area contributed by atoms with Crippen molar-refractivity contribution in [1.29, 1.82) is 0 Å². The molecule has 1 aromatic rings. The molecule has 21 heavy (non-hydrogen) atoms. The van der Waals surface area contributed by atoms with Gasteiger partial charge in [-0.15, -0.1) is 0 Å². The summed E-state index contributed by atoms with van der Waals surface area (Å²) in [5.74, 6) is 0.938. The van der Waals surface area contributed by atoms with E-state index in [0.717, 1.165) is 38.2 Å². The van der Waals surface area contributed by atoms with Gasteiger partial charge >= 0.3 is 0 Å². The Morgan fingerprint density at radius 3 is 2.95 bits per heavy atom. The van der Waals surface area contributed by atoms with Gasteiger partial charge in [-0.1, -0.05) is 13.8 Å². The molecule has 5 heteroatoms.